The third-order valence-corrected chi connectivity index (χ3v) is 5.08. The van der Waals surface area contributed by atoms with Crippen molar-refractivity contribution in [2.45, 2.75) is 11.8 Å². The minimum absolute atomic E-state index is 0.364. The number of piperazine rings is 1. The Kier molecular flexibility index (Phi) is 4.86. The molecule has 27 heavy (non-hydrogen) atoms. The number of anilines is 1. The summed E-state index contributed by atoms with van der Waals surface area (Å²) in [5.41, 5.74) is 2.23. The van der Waals surface area contributed by atoms with Gasteiger partial charge in [-0.15, -0.1) is 0 Å². The molecule has 4 rings (SSSR count). The smallest absolute Gasteiger partial charge is 0.124 e. The molecule has 4 heterocycles. The Bertz CT molecular complexity index is 912. The van der Waals surface area contributed by atoms with Crippen LogP contribution in [0.1, 0.15) is 23.4 Å². The average Bonchev–Trinajstić information content (AvgIpc) is 3.20. The molecule has 0 amide bonds. The van der Waals surface area contributed by atoms with Gasteiger partial charge >= 0.3 is 0 Å². The third-order valence-electron chi connectivity index (χ3n) is 5.08. The van der Waals surface area contributed by atoms with Crippen molar-refractivity contribution in [3.8, 4) is 6.07 Å². The molecule has 0 spiro atoms. The van der Waals surface area contributed by atoms with Crippen LogP contribution in [0.25, 0.3) is 6.08 Å². The van der Waals surface area contributed by atoms with Crippen LogP contribution in [0.2, 0.25) is 0 Å². The van der Waals surface area contributed by atoms with E-state index >= 15 is 0 Å². The second-order valence-electron chi connectivity index (χ2n) is 6.77. The van der Waals surface area contributed by atoms with Gasteiger partial charge in [-0.2, -0.15) is 5.26 Å². The Morgan fingerprint density at radius 1 is 1.26 bits per heavy atom. The normalized spacial score (nSPS) is 22.3. The van der Waals surface area contributed by atoms with Crippen molar-refractivity contribution in [2.24, 2.45) is 4.99 Å². The van der Waals surface area contributed by atoms with Gasteiger partial charge < -0.3 is 15.2 Å². The van der Waals surface area contributed by atoms with E-state index in [9.17, 15) is 5.26 Å². The largest absolute Gasteiger partial charge is 0.355 e. The summed E-state index contributed by atoms with van der Waals surface area (Å²) >= 11 is 0. The Morgan fingerprint density at radius 3 is 2.85 bits per heavy atom. The fourth-order valence-electron chi connectivity index (χ4n) is 3.55. The van der Waals surface area contributed by atoms with Gasteiger partial charge in [0.2, 0.25) is 0 Å². The molecule has 2 aliphatic rings. The van der Waals surface area contributed by atoms with E-state index in [0.29, 0.717) is 5.56 Å². The fourth-order valence-corrected chi connectivity index (χ4v) is 3.55. The van der Waals surface area contributed by atoms with Gasteiger partial charge in [0.1, 0.15) is 11.9 Å². The molecule has 2 aromatic rings. The van der Waals surface area contributed by atoms with Crippen LogP contribution in [0.5, 0.6) is 0 Å². The number of nitrogens with one attached hydrogen (secondary N) is 2. The number of nitriles is 1. The lowest BCUT2D eigenvalue weighted by molar-refractivity contribution is 0.583. The number of aromatic nitrogens is 2. The third kappa shape index (κ3) is 3.55. The molecule has 1 fully saturated rings. The molecule has 1 saturated heterocycles. The molecule has 0 radical (unpaired) electrons. The number of allylic oxidation sites excluding steroid dienone is 2. The van der Waals surface area contributed by atoms with E-state index in [4.69, 9.17) is 0 Å². The molecule has 6 heteroatoms. The maximum Gasteiger partial charge on any atom is 0.124 e. The van der Waals surface area contributed by atoms with E-state index < -0.39 is 0 Å². The molecular weight excluding hydrogens is 336 g/mol. The number of hydrogen-bond acceptors (Lipinski definition) is 5. The average molecular weight is 358 g/mol. The van der Waals surface area contributed by atoms with Crippen molar-refractivity contribution in [3.63, 3.8) is 0 Å². The van der Waals surface area contributed by atoms with Crippen LogP contribution in [-0.2, 0) is 5.41 Å². The molecule has 0 aliphatic carbocycles. The van der Waals surface area contributed by atoms with Gasteiger partial charge in [0, 0.05) is 56.9 Å². The minimum atomic E-state index is -0.364. The Balaban J connectivity index is 1.72. The summed E-state index contributed by atoms with van der Waals surface area (Å²) in [6.07, 6.45) is 12.5. The van der Waals surface area contributed by atoms with Crippen LogP contribution in [0.3, 0.4) is 0 Å². The second kappa shape index (κ2) is 7.60. The van der Waals surface area contributed by atoms with Crippen LogP contribution in [0.4, 0.5) is 5.82 Å². The van der Waals surface area contributed by atoms with Crippen LogP contribution in [-0.4, -0.2) is 42.4 Å². The summed E-state index contributed by atoms with van der Waals surface area (Å²) in [6.45, 7) is 3.64. The Morgan fingerprint density at radius 2 is 2.15 bits per heavy atom. The summed E-state index contributed by atoms with van der Waals surface area (Å²) in [6, 6.07) is 10.2. The van der Waals surface area contributed by atoms with E-state index in [1.54, 1.807) is 6.20 Å². The monoisotopic (exact) mass is 358 g/mol. The number of aliphatic imine (C=N–C) groups is 1. The fraction of sp³-hybridized carbons (Fsp3) is 0.286. The van der Waals surface area contributed by atoms with E-state index in [0.717, 1.165) is 49.8 Å². The van der Waals surface area contributed by atoms with Crippen LogP contribution < -0.4 is 10.2 Å². The molecule has 1 unspecified atom stereocenters. The number of H-pyrrole nitrogens is 1. The number of nitrogens with zero attached hydrogens (tertiary/aromatic N) is 4. The highest BCUT2D eigenvalue weighted by Crippen LogP contribution is 2.36. The zero-order valence-electron chi connectivity index (χ0n) is 15.1. The van der Waals surface area contributed by atoms with Crippen LogP contribution >= 0.6 is 0 Å². The van der Waals surface area contributed by atoms with Crippen molar-refractivity contribution in [3.05, 3.63) is 65.8 Å². The molecule has 2 N–H and O–H groups in total. The summed E-state index contributed by atoms with van der Waals surface area (Å²) in [5, 5.41) is 13.0. The summed E-state index contributed by atoms with van der Waals surface area (Å²) in [5.74, 6) is 0.913. The molecule has 2 aromatic heterocycles. The molecular formula is C21H22N6. The van der Waals surface area contributed by atoms with E-state index in [2.05, 4.69) is 43.4 Å². The van der Waals surface area contributed by atoms with Crippen LogP contribution in [0.15, 0.2) is 53.8 Å². The van der Waals surface area contributed by atoms with Gasteiger partial charge in [-0.05, 0) is 30.4 Å². The lowest BCUT2D eigenvalue weighted by atomic mass is 9.80. The molecule has 0 bridgehead atoms. The second-order valence-corrected chi connectivity index (χ2v) is 6.77. The molecule has 2 aliphatic heterocycles. The number of pyridine rings is 1. The number of rotatable bonds is 4. The summed E-state index contributed by atoms with van der Waals surface area (Å²) in [7, 11) is 0. The zero-order chi connectivity index (χ0) is 18.5. The van der Waals surface area contributed by atoms with Crippen molar-refractivity contribution in [1.82, 2.24) is 15.3 Å². The van der Waals surface area contributed by atoms with Gasteiger partial charge in [-0.25, -0.2) is 0 Å². The molecule has 0 aromatic carbocycles. The van der Waals surface area contributed by atoms with Gasteiger partial charge in [-0.1, -0.05) is 12.1 Å². The van der Waals surface area contributed by atoms with Gasteiger partial charge in [0.25, 0.3) is 0 Å². The molecule has 0 saturated carbocycles. The highest BCUT2D eigenvalue weighted by atomic mass is 15.2. The van der Waals surface area contributed by atoms with E-state index in [1.807, 2.05) is 42.8 Å². The molecule has 1 atom stereocenters. The first-order valence-electron chi connectivity index (χ1n) is 9.20. The lowest BCUT2D eigenvalue weighted by Crippen LogP contribution is -2.44. The van der Waals surface area contributed by atoms with Gasteiger partial charge in [0.15, 0.2) is 0 Å². The van der Waals surface area contributed by atoms with Crippen molar-refractivity contribution < 1.29 is 0 Å². The topological polar surface area (TPSA) is 80.1 Å². The maximum absolute atomic E-state index is 9.67. The van der Waals surface area contributed by atoms with Gasteiger partial charge in [0.05, 0.1) is 16.7 Å². The van der Waals surface area contributed by atoms with Crippen molar-refractivity contribution in [1.29, 1.82) is 5.26 Å². The van der Waals surface area contributed by atoms with Gasteiger partial charge in [-0.3, -0.25) is 9.98 Å². The zero-order valence-corrected chi connectivity index (χ0v) is 15.1. The van der Waals surface area contributed by atoms with E-state index in [1.165, 1.54) is 0 Å². The van der Waals surface area contributed by atoms with Crippen molar-refractivity contribution >= 4 is 18.1 Å². The van der Waals surface area contributed by atoms with Crippen molar-refractivity contribution in [2.75, 3.05) is 31.1 Å². The predicted octanol–water partition coefficient (Wildman–Crippen LogP) is 2.63. The molecule has 136 valence electrons. The first-order chi connectivity index (χ1) is 13.3. The van der Waals surface area contributed by atoms with Crippen LogP contribution in [0, 0.1) is 11.3 Å². The highest BCUT2D eigenvalue weighted by molar-refractivity contribution is 5.68. The lowest BCUT2D eigenvalue weighted by Gasteiger charge is -2.29. The summed E-state index contributed by atoms with van der Waals surface area (Å²) in [4.78, 5) is 14.4. The first-order valence-corrected chi connectivity index (χ1v) is 9.20. The molecule has 6 nitrogen and oxygen atoms in total. The SMILES string of the molecule is N#Cc1cc(C2(C=Cc3ccccn3)C=CN=CC2)[nH]c1N1CCNCC1. The Hall–Kier alpha value is -3.17. The van der Waals surface area contributed by atoms with E-state index in [-0.39, 0.29) is 5.41 Å². The highest BCUT2D eigenvalue weighted by Gasteiger charge is 2.31. The quantitative estimate of drug-likeness (QED) is 0.880. The first kappa shape index (κ1) is 17.3. The minimum Gasteiger partial charge on any atom is -0.355 e. The summed E-state index contributed by atoms with van der Waals surface area (Å²) < 4.78 is 0. The Labute approximate surface area is 159 Å². The predicted molar refractivity (Wildman–Crippen MR) is 108 cm³/mol. The number of aromatic amines is 1. The maximum atomic E-state index is 9.67. The standard InChI is InChI=1S/C21H22N6/c22-16-17-15-19(26-20(17)27-13-11-24-12-14-27)21(6-9-23-10-7-21)5-4-18-3-1-2-8-25-18/h1-6,8-10,15,24,26H,7,11-14H2. The number of hydrogen-bond donors (Lipinski definition) is 2.